The predicted molar refractivity (Wildman–Crippen MR) is 110 cm³/mol. The zero-order chi connectivity index (χ0) is 22.2. The molecule has 0 aliphatic carbocycles. The number of carboxylic acid groups (broad SMARTS) is 1. The molecule has 0 aromatic carbocycles. The minimum absolute atomic E-state index is 0. The highest BCUT2D eigenvalue weighted by molar-refractivity contribution is 6.13. The highest BCUT2D eigenvalue weighted by atomic mass is 35.5. The number of aliphatic hydroxyl groups is 1. The first-order valence-corrected chi connectivity index (χ1v) is 9.89. The van der Waals surface area contributed by atoms with Gasteiger partial charge in [-0.3, -0.25) is 0 Å². The largest absolute Gasteiger partial charge is 1.00 e. The van der Waals surface area contributed by atoms with Gasteiger partial charge in [-0.05, 0) is 44.0 Å². The van der Waals surface area contributed by atoms with Crippen molar-refractivity contribution in [3.63, 3.8) is 0 Å². The van der Waals surface area contributed by atoms with E-state index in [0.717, 1.165) is 38.6 Å². The molecule has 0 bridgehead atoms. The maximum Gasteiger partial charge on any atom is 0.364 e. The van der Waals surface area contributed by atoms with Gasteiger partial charge in [0.25, 0.3) is 0 Å². The number of hydrogen-bond acceptors (Lipinski definition) is 7. The van der Waals surface area contributed by atoms with Crippen LogP contribution in [0.2, 0.25) is 0 Å². The van der Waals surface area contributed by atoms with E-state index < -0.39 is 12.0 Å². The number of carbonyl (C=O) groups is 2. The summed E-state index contributed by atoms with van der Waals surface area (Å²) in [5.41, 5.74) is 20.8. The van der Waals surface area contributed by atoms with E-state index in [-0.39, 0.29) is 73.7 Å². The molecule has 0 aromatic heterocycles. The van der Waals surface area contributed by atoms with Crippen LogP contribution in [0.1, 0.15) is 38.5 Å². The number of ether oxygens (including phenoxy) is 1. The Morgan fingerprint density at radius 2 is 1.39 bits per heavy atom. The Morgan fingerprint density at radius 3 is 1.76 bits per heavy atom. The second-order valence-corrected chi connectivity index (χ2v) is 6.20. The van der Waals surface area contributed by atoms with Gasteiger partial charge in [0.05, 0.1) is 6.61 Å². The maximum absolute atomic E-state index is 11.2. The molecule has 0 rings (SSSR count). The molecular weight excluding hydrogens is 549 g/mol. The molecule has 33 heavy (non-hydrogen) atoms. The van der Waals surface area contributed by atoms with Crippen LogP contribution in [0.5, 0.6) is 0 Å². The summed E-state index contributed by atoms with van der Waals surface area (Å²) in [7, 11) is 0. The van der Waals surface area contributed by atoms with Crippen molar-refractivity contribution in [3.8, 4) is 0 Å². The number of unbranched alkanes of at least 4 members (excludes halogenated alkanes) is 2. The number of nitrogens with two attached hydrogens (primary N) is 2. The molecule has 210 valence electrons. The first-order chi connectivity index (χ1) is 13.3. The second kappa shape index (κ2) is 45.6. The SMILES string of the molecule is NCCCC[C@H]([NH3+])C(=O)O.NCCO.O.[Cl-].[Cl-].[Cl-].[Cl-].[NH3+]CCOC(=O)[C@@H]([NH3+])CCCCNCl. The highest BCUT2D eigenvalue weighted by Crippen LogP contribution is 1.99. The molecule has 0 heterocycles. The number of rotatable bonds is 14. The lowest BCUT2D eigenvalue weighted by molar-refractivity contribution is -0.412. The number of aliphatic carboxylic acids is 1. The van der Waals surface area contributed by atoms with Gasteiger partial charge in [0.15, 0.2) is 12.1 Å². The summed E-state index contributed by atoms with van der Waals surface area (Å²) < 4.78 is 4.90. The molecule has 0 saturated heterocycles. The molecule has 0 aliphatic heterocycles. The average molecular weight is 594 g/mol. The van der Waals surface area contributed by atoms with Crippen LogP contribution in [0.15, 0.2) is 0 Å². The molecule has 0 aliphatic rings. The normalized spacial score (nSPS) is 10.2. The zero-order valence-corrected chi connectivity index (χ0v) is 22.7. The third kappa shape index (κ3) is 50.1. The molecule has 2 atom stereocenters. The van der Waals surface area contributed by atoms with Crippen LogP contribution in [0, 0.1) is 0 Å². The van der Waals surface area contributed by atoms with Crippen molar-refractivity contribution in [1.82, 2.24) is 4.84 Å². The molecule has 0 spiro atoms. The standard InChI is InChI=1S/C8H18ClN3O2.C6H14N2O2.C2H7NO.4ClH.H2O/c9-12-5-2-1-3-7(11)8(13)14-6-4-10;7-4-2-1-3-5(8)6(9)10;3-1-2-4;;;;;/h7,12H,1-6,10-11H2;5H,1-4,7-8H2,(H,9,10);4H,1-3H2;4*1H;1H2/p-1/t7-;5-;;;;;;/m00....../s1. The van der Waals surface area contributed by atoms with Crippen molar-refractivity contribution in [2.45, 2.75) is 50.6 Å². The Labute approximate surface area is 226 Å². The molecule has 18 N–H and O–H groups in total. The lowest BCUT2D eigenvalue weighted by Crippen LogP contribution is -3.00. The smallest absolute Gasteiger partial charge is 0.364 e. The van der Waals surface area contributed by atoms with E-state index in [4.69, 9.17) is 38.2 Å². The summed E-state index contributed by atoms with van der Waals surface area (Å²) in [5, 5.41) is 16.1. The Bertz CT molecular complexity index is 370. The molecular formula is C16H44Cl5N6O6-. The number of esters is 1. The Balaban J connectivity index is -0.0000000491. The third-order valence-electron chi connectivity index (χ3n) is 3.28. The van der Waals surface area contributed by atoms with E-state index in [1.165, 1.54) is 0 Å². The number of carbonyl (C=O) groups excluding carboxylic acids is 1. The number of aliphatic hydroxyl groups excluding tert-OH is 1. The number of quaternary nitrogens is 3. The fraction of sp³-hybridized carbons (Fsp3) is 0.875. The van der Waals surface area contributed by atoms with Crippen LogP contribution in [0.3, 0.4) is 0 Å². The van der Waals surface area contributed by atoms with Gasteiger partial charge in [-0.25, -0.2) is 14.4 Å². The molecule has 12 nitrogen and oxygen atoms in total. The summed E-state index contributed by atoms with van der Waals surface area (Å²) in [6, 6.07) is -0.733. The quantitative estimate of drug-likeness (QED) is 0.0543. The maximum atomic E-state index is 11.2. The minimum Gasteiger partial charge on any atom is -1.00 e. The van der Waals surface area contributed by atoms with Crippen LogP contribution >= 0.6 is 11.8 Å². The van der Waals surface area contributed by atoms with Crippen molar-refractivity contribution in [1.29, 1.82) is 0 Å². The number of halogens is 5. The lowest BCUT2D eigenvalue weighted by Gasteiger charge is -2.07. The average Bonchev–Trinajstić information content (AvgIpc) is 2.69. The predicted octanol–water partition coefficient (Wildman–Crippen LogP) is -16.8. The number of carboxylic acids is 1. The number of hydrogen-bond donors (Lipinski definition) is 8. The van der Waals surface area contributed by atoms with Gasteiger partial charge < -0.3 is 98.7 Å². The van der Waals surface area contributed by atoms with Gasteiger partial charge in [-0.2, -0.15) is 0 Å². The molecule has 0 amide bonds. The van der Waals surface area contributed by atoms with Crippen LogP contribution < -0.4 is 83.1 Å². The van der Waals surface area contributed by atoms with E-state index in [2.05, 4.69) is 22.0 Å². The number of nitrogens with one attached hydrogen (secondary N) is 1. The van der Waals surface area contributed by atoms with Crippen molar-refractivity contribution in [2.24, 2.45) is 11.5 Å². The van der Waals surface area contributed by atoms with Gasteiger partial charge in [0.1, 0.15) is 13.2 Å². The van der Waals surface area contributed by atoms with Crippen molar-refractivity contribution in [2.75, 3.05) is 39.4 Å². The summed E-state index contributed by atoms with van der Waals surface area (Å²) >= 11 is 5.28. The van der Waals surface area contributed by atoms with Gasteiger partial charge >= 0.3 is 11.9 Å². The van der Waals surface area contributed by atoms with Gasteiger partial charge in [0, 0.05) is 25.9 Å². The Kier molecular flexibility index (Phi) is 74.7. The topological polar surface area (TPSA) is 262 Å². The summed E-state index contributed by atoms with van der Waals surface area (Å²) in [4.78, 5) is 23.9. The van der Waals surface area contributed by atoms with Crippen LogP contribution in [-0.4, -0.2) is 79.1 Å². The second-order valence-electron chi connectivity index (χ2n) is 5.93. The summed E-state index contributed by atoms with van der Waals surface area (Å²) in [6.07, 6.45) is 4.99. The molecule has 0 aromatic rings. The summed E-state index contributed by atoms with van der Waals surface area (Å²) in [6.45, 7) is 2.84. The fourth-order valence-corrected chi connectivity index (χ4v) is 1.78. The Hall–Kier alpha value is 0.0700. The lowest BCUT2D eigenvalue weighted by atomic mass is 10.1. The van der Waals surface area contributed by atoms with Gasteiger partial charge in [-0.15, -0.1) is 0 Å². The van der Waals surface area contributed by atoms with Crippen molar-refractivity contribution < 1.29 is 96.8 Å². The first-order valence-electron chi connectivity index (χ1n) is 9.51. The van der Waals surface area contributed by atoms with Crippen LogP contribution in [-0.2, 0) is 14.3 Å². The van der Waals surface area contributed by atoms with E-state index in [0.29, 0.717) is 32.7 Å². The van der Waals surface area contributed by atoms with Crippen molar-refractivity contribution in [3.05, 3.63) is 0 Å². The van der Waals surface area contributed by atoms with Gasteiger partial charge in [0.2, 0.25) is 0 Å². The highest BCUT2D eigenvalue weighted by Gasteiger charge is 2.17. The Morgan fingerprint density at radius 1 is 0.939 bits per heavy atom. The monoisotopic (exact) mass is 591 g/mol. The minimum atomic E-state index is -0.822. The van der Waals surface area contributed by atoms with E-state index in [9.17, 15) is 9.59 Å². The van der Waals surface area contributed by atoms with Crippen molar-refractivity contribution >= 4 is 23.7 Å². The summed E-state index contributed by atoms with van der Waals surface area (Å²) in [5.74, 6) is -1.05. The molecule has 0 unspecified atom stereocenters. The zero-order valence-electron chi connectivity index (χ0n) is 18.9. The van der Waals surface area contributed by atoms with E-state index in [1.54, 1.807) is 0 Å². The van der Waals surface area contributed by atoms with E-state index in [1.807, 2.05) is 0 Å². The molecule has 0 saturated carbocycles. The first kappa shape index (κ1) is 54.1. The van der Waals surface area contributed by atoms with Crippen LogP contribution in [0.25, 0.3) is 0 Å². The third-order valence-corrected chi connectivity index (χ3v) is 3.47. The molecule has 0 radical (unpaired) electrons. The molecule has 0 fully saturated rings. The fourth-order valence-electron chi connectivity index (χ4n) is 1.65. The van der Waals surface area contributed by atoms with E-state index >= 15 is 0 Å². The molecule has 17 heteroatoms. The van der Waals surface area contributed by atoms with Gasteiger partial charge in [-0.1, -0.05) is 0 Å². The van der Waals surface area contributed by atoms with Crippen LogP contribution in [0.4, 0.5) is 0 Å².